The van der Waals surface area contributed by atoms with E-state index >= 15 is 0 Å². The summed E-state index contributed by atoms with van der Waals surface area (Å²) in [5.41, 5.74) is 0.747. The molecule has 0 fully saturated rings. The molecule has 0 unspecified atom stereocenters. The number of halogens is 1. The number of esters is 1. The standard InChI is InChI=1S/C21H18FNO3S2/c1-14-4-9-17(28-14)10-11-20(25)26-13-19(24)23-21(18-3-2-12-27-18)15-5-7-16(22)8-6-15/h2-12,21H,13H2,1H3,(H,23,24)/b11-10+/t21-/m0/s1. The number of carbonyl (C=O) groups is 2. The van der Waals surface area contributed by atoms with Crippen LogP contribution in [-0.4, -0.2) is 18.5 Å². The van der Waals surface area contributed by atoms with E-state index in [1.807, 2.05) is 36.6 Å². The average molecular weight is 416 g/mol. The summed E-state index contributed by atoms with van der Waals surface area (Å²) in [4.78, 5) is 27.1. The van der Waals surface area contributed by atoms with Crippen LogP contribution < -0.4 is 5.32 Å². The normalized spacial score (nSPS) is 12.1. The van der Waals surface area contributed by atoms with Gasteiger partial charge in [-0.25, -0.2) is 9.18 Å². The maximum Gasteiger partial charge on any atom is 0.331 e. The van der Waals surface area contributed by atoms with Gasteiger partial charge in [-0.2, -0.15) is 0 Å². The molecular formula is C21H18FNO3S2. The molecule has 0 saturated carbocycles. The predicted molar refractivity (Wildman–Crippen MR) is 110 cm³/mol. The Kier molecular flexibility index (Phi) is 6.73. The summed E-state index contributed by atoms with van der Waals surface area (Å²) >= 11 is 3.04. The summed E-state index contributed by atoms with van der Waals surface area (Å²) in [6.07, 6.45) is 2.96. The third-order valence-corrected chi connectivity index (χ3v) is 5.73. The molecule has 1 N–H and O–H groups in total. The summed E-state index contributed by atoms with van der Waals surface area (Å²) < 4.78 is 18.2. The zero-order valence-electron chi connectivity index (χ0n) is 15.1. The third-order valence-electron chi connectivity index (χ3n) is 3.83. The quantitative estimate of drug-likeness (QED) is 0.449. The van der Waals surface area contributed by atoms with E-state index in [-0.39, 0.29) is 5.82 Å². The van der Waals surface area contributed by atoms with Crippen LogP contribution in [0, 0.1) is 12.7 Å². The van der Waals surface area contributed by atoms with Gasteiger partial charge in [0.05, 0.1) is 6.04 Å². The van der Waals surface area contributed by atoms with E-state index in [1.54, 1.807) is 29.5 Å². The third kappa shape index (κ3) is 5.61. The van der Waals surface area contributed by atoms with Crippen LogP contribution in [0.3, 0.4) is 0 Å². The molecule has 2 heterocycles. The van der Waals surface area contributed by atoms with Gasteiger partial charge in [-0.1, -0.05) is 18.2 Å². The Morgan fingerprint density at radius 1 is 1.18 bits per heavy atom. The first-order valence-corrected chi connectivity index (χ1v) is 10.2. The molecule has 1 atom stereocenters. The van der Waals surface area contributed by atoms with Crippen LogP contribution in [0.5, 0.6) is 0 Å². The lowest BCUT2D eigenvalue weighted by molar-refractivity contribution is -0.143. The van der Waals surface area contributed by atoms with E-state index in [1.165, 1.54) is 29.5 Å². The Balaban J connectivity index is 1.58. The fraction of sp³-hybridized carbons (Fsp3) is 0.143. The van der Waals surface area contributed by atoms with Crippen molar-refractivity contribution in [3.05, 3.63) is 86.0 Å². The molecule has 3 aromatic rings. The van der Waals surface area contributed by atoms with Crippen LogP contribution in [0.1, 0.15) is 26.2 Å². The Bertz CT molecular complexity index is 962. The van der Waals surface area contributed by atoms with Crippen LogP contribution in [0.15, 0.2) is 60.0 Å². The van der Waals surface area contributed by atoms with Crippen LogP contribution >= 0.6 is 22.7 Å². The summed E-state index contributed by atoms with van der Waals surface area (Å²) in [5.74, 6) is -1.37. The van der Waals surface area contributed by atoms with Gasteiger partial charge in [-0.15, -0.1) is 22.7 Å². The van der Waals surface area contributed by atoms with Gasteiger partial charge >= 0.3 is 5.97 Å². The van der Waals surface area contributed by atoms with Gasteiger partial charge in [0.25, 0.3) is 5.91 Å². The van der Waals surface area contributed by atoms with Crippen LogP contribution in [-0.2, 0) is 14.3 Å². The van der Waals surface area contributed by atoms with Crippen molar-refractivity contribution in [2.45, 2.75) is 13.0 Å². The summed E-state index contributed by atoms with van der Waals surface area (Å²) in [6, 6.07) is 13.1. The number of hydrogen-bond acceptors (Lipinski definition) is 5. The van der Waals surface area contributed by atoms with E-state index in [0.717, 1.165) is 20.2 Å². The van der Waals surface area contributed by atoms with Crippen molar-refractivity contribution in [2.75, 3.05) is 6.61 Å². The molecule has 0 spiro atoms. The highest BCUT2D eigenvalue weighted by molar-refractivity contribution is 7.12. The molecule has 28 heavy (non-hydrogen) atoms. The van der Waals surface area contributed by atoms with Gasteiger partial charge in [-0.05, 0) is 54.3 Å². The minimum atomic E-state index is -0.587. The molecule has 1 amide bonds. The summed E-state index contributed by atoms with van der Waals surface area (Å²) in [5, 5.41) is 4.74. The lowest BCUT2D eigenvalue weighted by Gasteiger charge is -2.18. The second kappa shape index (κ2) is 9.43. The average Bonchev–Trinajstić information content (AvgIpc) is 3.35. The summed E-state index contributed by atoms with van der Waals surface area (Å²) in [7, 11) is 0. The van der Waals surface area contributed by atoms with Gasteiger partial charge < -0.3 is 10.1 Å². The monoisotopic (exact) mass is 415 g/mol. The minimum absolute atomic E-state index is 0.346. The van der Waals surface area contributed by atoms with Gasteiger partial charge in [0.15, 0.2) is 6.61 Å². The second-order valence-electron chi connectivity index (χ2n) is 5.96. The van der Waals surface area contributed by atoms with Crippen molar-refractivity contribution in [2.24, 2.45) is 0 Å². The van der Waals surface area contributed by atoms with Crippen LogP contribution in [0.25, 0.3) is 6.08 Å². The van der Waals surface area contributed by atoms with Crippen molar-refractivity contribution in [1.29, 1.82) is 0 Å². The molecule has 0 aliphatic rings. The van der Waals surface area contributed by atoms with Gasteiger partial charge in [0.2, 0.25) is 0 Å². The number of carbonyl (C=O) groups excluding carboxylic acids is 2. The topological polar surface area (TPSA) is 55.4 Å². The van der Waals surface area contributed by atoms with Crippen molar-refractivity contribution in [1.82, 2.24) is 5.32 Å². The van der Waals surface area contributed by atoms with E-state index in [4.69, 9.17) is 4.74 Å². The number of hydrogen-bond donors (Lipinski definition) is 1. The molecule has 144 valence electrons. The number of nitrogens with one attached hydrogen (secondary N) is 1. The second-order valence-corrected chi connectivity index (χ2v) is 8.26. The first-order valence-electron chi connectivity index (χ1n) is 8.51. The Morgan fingerprint density at radius 3 is 2.61 bits per heavy atom. The molecular weight excluding hydrogens is 397 g/mol. The number of thiophene rings is 2. The lowest BCUT2D eigenvalue weighted by atomic mass is 10.1. The first kappa shape index (κ1) is 20.0. The highest BCUT2D eigenvalue weighted by Gasteiger charge is 2.18. The molecule has 2 aromatic heterocycles. The maximum absolute atomic E-state index is 13.2. The largest absolute Gasteiger partial charge is 0.452 e. The van der Waals surface area contributed by atoms with E-state index in [9.17, 15) is 14.0 Å². The van der Waals surface area contributed by atoms with Crippen molar-refractivity contribution < 1.29 is 18.7 Å². The molecule has 3 rings (SSSR count). The molecule has 0 aliphatic carbocycles. The highest BCUT2D eigenvalue weighted by atomic mass is 32.1. The molecule has 0 saturated heterocycles. The maximum atomic E-state index is 13.2. The lowest BCUT2D eigenvalue weighted by Crippen LogP contribution is -2.32. The first-order chi connectivity index (χ1) is 13.5. The Labute approximate surface area is 170 Å². The molecule has 7 heteroatoms. The van der Waals surface area contributed by atoms with E-state index in [2.05, 4.69) is 5.32 Å². The zero-order valence-corrected chi connectivity index (χ0v) is 16.7. The van der Waals surface area contributed by atoms with Crippen LogP contribution in [0.2, 0.25) is 0 Å². The number of amides is 1. The zero-order chi connectivity index (χ0) is 19.9. The van der Waals surface area contributed by atoms with Gasteiger partial charge in [-0.3, -0.25) is 4.79 Å². The molecule has 1 aromatic carbocycles. The van der Waals surface area contributed by atoms with Crippen molar-refractivity contribution in [3.8, 4) is 0 Å². The van der Waals surface area contributed by atoms with E-state index < -0.39 is 24.5 Å². The molecule has 4 nitrogen and oxygen atoms in total. The van der Waals surface area contributed by atoms with Gasteiger partial charge in [0.1, 0.15) is 5.82 Å². The van der Waals surface area contributed by atoms with E-state index in [0.29, 0.717) is 0 Å². The minimum Gasteiger partial charge on any atom is -0.452 e. The van der Waals surface area contributed by atoms with Crippen molar-refractivity contribution in [3.63, 3.8) is 0 Å². The fourth-order valence-electron chi connectivity index (χ4n) is 2.51. The van der Waals surface area contributed by atoms with Gasteiger partial charge in [0, 0.05) is 20.7 Å². The number of ether oxygens (including phenoxy) is 1. The smallest absolute Gasteiger partial charge is 0.331 e. The summed E-state index contributed by atoms with van der Waals surface area (Å²) in [6.45, 7) is 1.59. The predicted octanol–water partition coefficient (Wildman–Crippen LogP) is 4.72. The number of rotatable bonds is 7. The SMILES string of the molecule is Cc1ccc(/C=C/C(=O)OCC(=O)N[C@@H](c2ccc(F)cc2)c2cccs2)s1. The van der Waals surface area contributed by atoms with Crippen molar-refractivity contribution >= 4 is 40.6 Å². The molecule has 0 bridgehead atoms. The Morgan fingerprint density at radius 2 is 1.96 bits per heavy atom. The fourth-order valence-corrected chi connectivity index (χ4v) is 4.09. The number of aryl methyl sites for hydroxylation is 1. The molecule has 0 radical (unpaired) electrons. The number of benzene rings is 1. The molecule has 0 aliphatic heterocycles. The van der Waals surface area contributed by atoms with Crippen LogP contribution in [0.4, 0.5) is 4.39 Å². The Hall–Kier alpha value is -2.77. The highest BCUT2D eigenvalue weighted by Crippen LogP contribution is 2.26.